The van der Waals surface area contributed by atoms with Gasteiger partial charge in [-0.25, -0.2) is 4.79 Å². The summed E-state index contributed by atoms with van der Waals surface area (Å²) < 4.78 is 16.2. The minimum absolute atomic E-state index is 0. The SMILES string of the molecule is N#Cc1cc(F)c(O)oc1=O.[H-].[Na+]. The fourth-order valence-electron chi connectivity index (χ4n) is 0.517. The first-order valence-electron chi connectivity index (χ1n) is 2.58. The molecule has 12 heavy (non-hydrogen) atoms. The maximum atomic E-state index is 12.3. The molecule has 4 nitrogen and oxygen atoms in total. The average Bonchev–Trinajstić information content (AvgIpc) is 1.97. The Labute approximate surface area is 90.0 Å². The third kappa shape index (κ3) is 2.08. The Bertz CT molecular complexity index is 386. The summed E-state index contributed by atoms with van der Waals surface area (Å²) in [6.07, 6.45) is 0. The zero-order chi connectivity index (χ0) is 8.43. The van der Waals surface area contributed by atoms with Gasteiger partial charge in [0.1, 0.15) is 11.6 Å². The largest absolute Gasteiger partial charge is 1.00 e. The Hall–Kier alpha value is -0.830. The summed E-state index contributed by atoms with van der Waals surface area (Å²) in [6.45, 7) is 0. The van der Waals surface area contributed by atoms with Crippen LogP contribution in [0.15, 0.2) is 15.3 Å². The van der Waals surface area contributed by atoms with Crippen LogP contribution in [0.1, 0.15) is 6.99 Å². The number of hydrogen-bond acceptors (Lipinski definition) is 4. The van der Waals surface area contributed by atoms with Crippen molar-refractivity contribution < 1.29 is 44.9 Å². The molecule has 0 saturated carbocycles. The van der Waals surface area contributed by atoms with Crippen molar-refractivity contribution in [1.82, 2.24) is 0 Å². The van der Waals surface area contributed by atoms with Crippen molar-refractivity contribution in [2.75, 3.05) is 0 Å². The Morgan fingerprint density at radius 3 is 2.83 bits per heavy atom. The molecule has 0 radical (unpaired) electrons. The molecule has 0 bridgehead atoms. The summed E-state index contributed by atoms with van der Waals surface area (Å²) in [5, 5.41) is 16.6. The van der Waals surface area contributed by atoms with Gasteiger partial charge in [-0.3, -0.25) is 0 Å². The van der Waals surface area contributed by atoms with Gasteiger partial charge < -0.3 is 11.0 Å². The van der Waals surface area contributed by atoms with Crippen LogP contribution in [0.5, 0.6) is 5.95 Å². The van der Waals surface area contributed by atoms with E-state index in [-0.39, 0.29) is 31.0 Å². The number of nitrogens with zero attached hydrogens (tertiary/aromatic N) is 1. The van der Waals surface area contributed by atoms with Crippen molar-refractivity contribution >= 4 is 0 Å². The Balaban J connectivity index is 0. The molecule has 0 aromatic carbocycles. The molecule has 0 unspecified atom stereocenters. The second-order valence-corrected chi connectivity index (χ2v) is 1.71. The van der Waals surface area contributed by atoms with Crippen LogP contribution < -0.4 is 35.2 Å². The number of rotatable bonds is 0. The zero-order valence-corrected chi connectivity index (χ0v) is 8.17. The van der Waals surface area contributed by atoms with Crippen molar-refractivity contribution in [1.29, 1.82) is 5.26 Å². The fraction of sp³-hybridized carbons (Fsp3) is 0. The first-order valence-corrected chi connectivity index (χ1v) is 2.58. The number of halogens is 1. The van der Waals surface area contributed by atoms with Gasteiger partial charge in [-0.2, -0.15) is 9.65 Å². The summed E-state index contributed by atoms with van der Waals surface area (Å²) in [5.41, 5.74) is -1.52. The molecule has 1 N–H and O–H groups in total. The Morgan fingerprint density at radius 1 is 1.75 bits per heavy atom. The van der Waals surface area contributed by atoms with Crippen LogP contribution in [-0.4, -0.2) is 5.11 Å². The predicted octanol–water partition coefficient (Wildman–Crippen LogP) is -2.53. The van der Waals surface area contributed by atoms with E-state index in [1.54, 1.807) is 0 Å². The van der Waals surface area contributed by atoms with Gasteiger partial charge in [0.25, 0.3) is 0 Å². The molecule has 1 rings (SSSR count). The average molecular weight is 179 g/mol. The van der Waals surface area contributed by atoms with E-state index in [0.29, 0.717) is 6.07 Å². The molecule has 0 aliphatic carbocycles. The van der Waals surface area contributed by atoms with Crippen LogP contribution in [-0.2, 0) is 0 Å². The molecule has 0 amide bonds. The van der Waals surface area contributed by atoms with E-state index >= 15 is 0 Å². The van der Waals surface area contributed by atoms with Gasteiger partial charge in [0.05, 0.1) is 0 Å². The maximum absolute atomic E-state index is 12.3. The van der Waals surface area contributed by atoms with Crippen molar-refractivity contribution in [3.05, 3.63) is 27.9 Å². The molecule has 0 aliphatic heterocycles. The molecule has 0 spiro atoms. The molecule has 58 valence electrons. The van der Waals surface area contributed by atoms with Gasteiger partial charge in [0, 0.05) is 6.07 Å². The number of nitriles is 1. The number of aromatic hydroxyl groups is 1. The van der Waals surface area contributed by atoms with E-state index in [9.17, 15) is 9.18 Å². The molecule has 0 saturated heterocycles. The van der Waals surface area contributed by atoms with Crippen molar-refractivity contribution in [2.45, 2.75) is 0 Å². The van der Waals surface area contributed by atoms with E-state index in [1.165, 1.54) is 6.07 Å². The Kier molecular flexibility index (Phi) is 3.96. The first kappa shape index (κ1) is 11.2. The monoisotopic (exact) mass is 179 g/mol. The maximum Gasteiger partial charge on any atom is 1.00 e. The van der Waals surface area contributed by atoms with Crippen molar-refractivity contribution in [3.8, 4) is 12.0 Å². The molecule has 1 aromatic heterocycles. The molecule has 0 fully saturated rings. The van der Waals surface area contributed by atoms with Gasteiger partial charge in [0.2, 0.25) is 5.82 Å². The second-order valence-electron chi connectivity index (χ2n) is 1.71. The van der Waals surface area contributed by atoms with E-state index in [2.05, 4.69) is 4.42 Å². The van der Waals surface area contributed by atoms with Crippen molar-refractivity contribution in [2.24, 2.45) is 0 Å². The van der Waals surface area contributed by atoms with Crippen LogP contribution in [0.25, 0.3) is 0 Å². The van der Waals surface area contributed by atoms with E-state index in [0.717, 1.165) is 0 Å². The molecule has 0 atom stereocenters. The molecular formula is C6H3FNNaO3. The summed E-state index contributed by atoms with van der Waals surface area (Å²) >= 11 is 0. The third-order valence-electron chi connectivity index (χ3n) is 1.01. The van der Waals surface area contributed by atoms with Crippen LogP contribution in [0.2, 0.25) is 0 Å². The molecule has 1 heterocycles. The Morgan fingerprint density at radius 2 is 2.33 bits per heavy atom. The molecule has 6 heteroatoms. The van der Waals surface area contributed by atoms with Crippen LogP contribution >= 0.6 is 0 Å². The van der Waals surface area contributed by atoms with E-state index < -0.39 is 23.0 Å². The standard InChI is InChI=1S/C6H2FNO3.Na.H/c7-4-1-3(2-8)5(9)11-6(4)10;;/h1,10H;;/q;+1;-1. The second kappa shape index (κ2) is 4.26. The van der Waals surface area contributed by atoms with E-state index in [4.69, 9.17) is 10.4 Å². The summed E-state index contributed by atoms with van der Waals surface area (Å²) in [6, 6.07) is 2.02. The normalized spacial score (nSPS) is 8.33. The van der Waals surface area contributed by atoms with Gasteiger partial charge >= 0.3 is 41.1 Å². The van der Waals surface area contributed by atoms with Crippen LogP contribution in [0, 0.1) is 17.1 Å². The molecule has 0 aliphatic rings. The first-order chi connectivity index (χ1) is 5.15. The molecular weight excluding hydrogens is 176 g/mol. The fourth-order valence-corrected chi connectivity index (χ4v) is 0.517. The third-order valence-corrected chi connectivity index (χ3v) is 1.01. The smallest absolute Gasteiger partial charge is 1.00 e. The number of hydrogen-bond donors (Lipinski definition) is 1. The van der Waals surface area contributed by atoms with Crippen LogP contribution in [0.3, 0.4) is 0 Å². The zero-order valence-electron chi connectivity index (χ0n) is 7.17. The quantitative estimate of drug-likeness (QED) is 0.446. The van der Waals surface area contributed by atoms with Gasteiger partial charge in [-0.15, -0.1) is 0 Å². The van der Waals surface area contributed by atoms with E-state index in [1.807, 2.05) is 0 Å². The molecule has 1 aromatic rings. The summed E-state index contributed by atoms with van der Waals surface area (Å²) in [5.74, 6) is -2.23. The summed E-state index contributed by atoms with van der Waals surface area (Å²) in [4.78, 5) is 10.5. The van der Waals surface area contributed by atoms with Crippen molar-refractivity contribution in [3.63, 3.8) is 0 Å². The van der Waals surface area contributed by atoms with Crippen LogP contribution in [0.4, 0.5) is 4.39 Å². The summed E-state index contributed by atoms with van der Waals surface area (Å²) in [7, 11) is 0. The topological polar surface area (TPSA) is 74.2 Å². The predicted molar refractivity (Wildman–Crippen MR) is 32.4 cm³/mol. The van der Waals surface area contributed by atoms with Gasteiger partial charge in [-0.05, 0) is 0 Å². The minimum Gasteiger partial charge on any atom is -1.00 e. The van der Waals surface area contributed by atoms with Gasteiger partial charge in [-0.1, -0.05) is 0 Å². The van der Waals surface area contributed by atoms with Gasteiger partial charge in [0.15, 0.2) is 0 Å². The minimum atomic E-state index is -1.12.